The van der Waals surface area contributed by atoms with E-state index in [1.807, 2.05) is 30.3 Å². The Morgan fingerprint density at radius 1 is 1.06 bits per heavy atom. The number of carbonyl (C=O) groups excluding carboxylic acids is 1. The summed E-state index contributed by atoms with van der Waals surface area (Å²) in [5.74, 6) is 1.16. The van der Waals surface area contributed by atoms with Gasteiger partial charge in [-0.15, -0.1) is 11.8 Å². The number of amides is 1. The van der Waals surface area contributed by atoms with Gasteiger partial charge in [0.2, 0.25) is 5.91 Å². The molecule has 0 spiro atoms. The van der Waals surface area contributed by atoms with E-state index in [-0.39, 0.29) is 5.91 Å². The highest BCUT2D eigenvalue weighted by Gasteiger charge is 2.14. The molecule has 0 radical (unpaired) electrons. The van der Waals surface area contributed by atoms with Gasteiger partial charge in [0.25, 0.3) is 0 Å². The van der Waals surface area contributed by atoms with E-state index in [2.05, 4.69) is 9.97 Å². The lowest BCUT2D eigenvalue weighted by Gasteiger charge is -2.11. The first-order valence-corrected chi connectivity index (χ1v) is 11.3. The third kappa shape index (κ3) is 5.18. The van der Waals surface area contributed by atoms with Gasteiger partial charge in [-0.05, 0) is 54.6 Å². The van der Waals surface area contributed by atoms with Gasteiger partial charge in [-0.3, -0.25) is 4.79 Å². The zero-order valence-electron chi connectivity index (χ0n) is 16.9. The Morgan fingerprint density at radius 3 is 2.72 bits per heavy atom. The Hall–Kier alpha value is -3.16. The monoisotopic (exact) mass is 467 g/mol. The first-order chi connectivity index (χ1) is 15.5. The third-order valence-corrected chi connectivity index (χ3v) is 6.07. The van der Waals surface area contributed by atoms with Crippen LogP contribution < -0.4 is 10.5 Å². The Labute approximate surface area is 193 Å². The second-order valence-corrected chi connectivity index (χ2v) is 8.57. The quantitative estimate of drug-likeness (QED) is 0.245. The van der Waals surface area contributed by atoms with Gasteiger partial charge in [0.15, 0.2) is 0 Å². The smallest absolute Gasteiger partial charge is 0.217 e. The molecule has 0 atom stereocenters. The maximum Gasteiger partial charge on any atom is 0.217 e. The van der Waals surface area contributed by atoms with Crippen molar-refractivity contribution < 1.29 is 13.9 Å². The van der Waals surface area contributed by atoms with Gasteiger partial charge < -0.3 is 10.5 Å². The van der Waals surface area contributed by atoms with E-state index in [0.717, 1.165) is 10.6 Å². The number of primary amides is 1. The summed E-state index contributed by atoms with van der Waals surface area (Å²) in [6.45, 7) is 0. The van der Waals surface area contributed by atoms with Crippen molar-refractivity contribution in [3.63, 3.8) is 0 Å². The molecule has 0 aliphatic rings. The van der Waals surface area contributed by atoms with E-state index in [1.54, 1.807) is 36.0 Å². The molecule has 2 N–H and O–H groups in total. The molecule has 8 heteroatoms. The molecule has 0 bridgehead atoms. The maximum absolute atomic E-state index is 14.7. The summed E-state index contributed by atoms with van der Waals surface area (Å²) in [7, 11) is 0. The molecule has 1 amide bonds. The zero-order chi connectivity index (χ0) is 22.5. The maximum atomic E-state index is 14.7. The van der Waals surface area contributed by atoms with Crippen LogP contribution >= 0.6 is 23.4 Å². The van der Waals surface area contributed by atoms with Crippen LogP contribution in [0.15, 0.2) is 71.9 Å². The fourth-order valence-corrected chi connectivity index (χ4v) is 4.34. The van der Waals surface area contributed by atoms with Crippen molar-refractivity contribution in [3.8, 4) is 22.8 Å². The largest absolute Gasteiger partial charge is 0.457 e. The predicted molar refractivity (Wildman–Crippen MR) is 126 cm³/mol. The average Bonchev–Trinajstić information content (AvgIpc) is 2.78. The SMILES string of the molecule is NC(=O)CCCSc1cccc(Oc2ccc(F)c(-c3ncnc4c(Cl)cccc34)c2)c1. The lowest BCUT2D eigenvalue weighted by Crippen LogP contribution is -2.09. The van der Waals surface area contributed by atoms with Crippen molar-refractivity contribution >= 4 is 40.2 Å². The number of ether oxygens (including phenoxy) is 1. The molecule has 0 aliphatic heterocycles. The fraction of sp³-hybridized carbons (Fsp3) is 0.125. The number of nitrogens with two attached hydrogens (primary N) is 1. The van der Waals surface area contributed by atoms with Gasteiger partial charge in [-0.2, -0.15) is 0 Å². The highest BCUT2D eigenvalue weighted by Crippen LogP contribution is 2.34. The van der Waals surface area contributed by atoms with Crippen LogP contribution in [0.5, 0.6) is 11.5 Å². The van der Waals surface area contributed by atoms with Gasteiger partial charge in [0, 0.05) is 22.3 Å². The lowest BCUT2D eigenvalue weighted by atomic mass is 10.1. The fourth-order valence-electron chi connectivity index (χ4n) is 3.22. The molecule has 0 saturated heterocycles. The number of nitrogens with zero attached hydrogens (tertiary/aromatic N) is 2. The van der Waals surface area contributed by atoms with Crippen LogP contribution in [0.3, 0.4) is 0 Å². The number of hydrogen-bond acceptors (Lipinski definition) is 5. The number of rotatable bonds is 8. The Bertz CT molecular complexity index is 1290. The molecule has 0 unspecified atom stereocenters. The second kappa shape index (κ2) is 9.97. The van der Waals surface area contributed by atoms with Crippen LogP contribution in [-0.2, 0) is 4.79 Å². The van der Waals surface area contributed by atoms with Crippen LogP contribution in [0.25, 0.3) is 22.2 Å². The number of benzene rings is 3. The number of thioether (sulfide) groups is 1. The molecule has 1 aromatic heterocycles. The van der Waals surface area contributed by atoms with Crippen LogP contribution in [0.4, 0.5) is 4.39 Å². The van der Waals surface area contributed by atoms with Crippen LogP contribution in [0, 0.1) is 5.82 Å². The number of carbonyl (C=O) groups is 1. The molecule has 4 rings (SSSR count). The van der Waals surface area contributed by atoms with Crippen LogP contribution in [-0.4, -0.2) is 21.6 Å². The highest BCUT2D eigenvalue weighted by molar-refractivity contribution is 7.99. The molecule has 1 heterocycles. The molecule has 32 heavy (non-hydrogen) atoms. The van der Waals surface area contributed by atoms with Crippen molar-refractivity contribution in [3.05, 3.63) is 77.8 Å². The lowest BCUT2D eigenvalue weighted by molar-refractivity contribution is -0.118. The van der Waals surface area contributed by atoms with E-state index < -0.39 is 5.82 Å². The van der Waals surface area contributed by atoms with E-state index in [1.165, 1.54) is 12.4 Å². The number of aromatic nitrogens is 2. The number of hydrogen-bond donors (Lipinski definition) is 1. The van der Waals surface area contributed by atoms with E-state index in [9.17, 15) is 9.18 Å². The topological polar surface area (TPSA) is 78.1 Å². The van der Waals surface area contributed by atoms with Crippen LogP contribution in [0.2, 0.25) is 5.02 Å². The zero-order valence-corrected chi connectivity index (χ0v) is 18.5. The van der Waals surface area contributed by atoms with Crippen molar-refractivity contribution in [1.82, 2.24) is 9.97 Å². The summed E-state index contributed by atoms with van der Waals surface area (Å²) in [6, 6.07) is 17.4. The summed E-state index contributed by atoms with van der Waals surface area (Å²) in [6.07, 6.45) is 2.45. The standard InChI is InChI=1S/C24H19ClFN3O2S/c25-20-7-2-6-18-23(28-14-29-24(18)20)19-13-16(9-10-21(19)26)31-15-4-1-5-17(12-15)32-11-3-8-22(27)30/h1-2,4-7,9-10,12-14H,3,8,11H2,(H2,27,30). The summed E-state index contributed by atoms with van der Waals surface area (Å²) in [5.41, 5.74) is 6.48. The number of para-hydroxylation sites is 1. The first kappa shape index (κ1) is 22.0. The minimum absolute atomic E-state index is 0.298. The molecular weight excluding hydrogens is 449 g/mol. The van der Waals surface area contributed by atoms with Gasteiger partial charge in [0.05, 0.1) is 16.2 Å². The summed E-state index contributed by atoms with van der Waals surface area (Å²) in [4.78, 5) is 20.4. The molecule has 0 fully saturated rings. The summed E-state index contributed by atoms with van der Waals surface area (Å²) < 4.78 is 20.7. The molecule has 5 nitrogen and oxygen atoms in total. The van der Waals surface area contributed by atoms with Gasteiger partial charge in [-0.1, -0.05) is 29.8 Å². The highest BCUT2D eigenvalue weighted by atomic mass is 35.5. The minimum Gasteiger partial charge on any atom is -0.457 e. The van der Waals surface area contributed by atoms with Crippen molar-refractivity contribution in [2.24, 2.45) is 5.73 Å². The predicted octanol–water partition coefficient (Wildman–Crippen LogP) is 6.24. The first-order valence-electron chi connectivity index (χ1n) is 9.89. The molecule has 0 saturated carbocycles. The molecular formula is C24H19ClFN3O2S. The van der Waals surface area contributed by atoms with E-state index in [0.29, 0.717) is 51.5 Å². The van der Waals surface area contributed by atoms with Gasteiger partial charge in [-0.25, -0.2) is 14.4 Å². The molecule has 0 aliphatic carbocycles. The minimum atomic E-state index is -0.420. The Balaban J connectivity index is 1.58. The van der Waals surface area contributed by atoms with Crippen LogP contribution in [0.1, 0.15) is 12.8 Å². The average molecular weight is 468 g/mol. The van der Waals surface area contributed by atoms with Crippen molar-refractivity contribution in [2.45, 2.75) is 17.7 Å². The van der Waals surface area contributed by atoms with E-state index >= 15 is 0 Å². The van der Waals surface area contributed by atoms with Gasteiger partial charge in [0.1, 0.15) is 23.6 Å². The normalized spacial score (nSPS) is 10.9. The number of fused-ring (bicyclic) bond motifs is 1. The Kier molecular flexibility index (Phi) is 6.87. The number of halogens is 2. The van der Waals surface area contributed by atoms with Gasteiger partial charge >= 0.3 is 0 Å². The second-order valence-electron chi connectivity index (χ2n) is 7.00. The summed E-state index contributed by atoms with van der Waals surface area (Å²) in [5, 5.41) is 1.13. The summed E-state index contributed by atoms with van der Waals surface area (Å²) >= 11 is 7.85. The van der Waals surface area contributed by atoms with Crippen molar-refractivity contribution in [1.29, 1.82) is 0 Å². The molecule has 3 aromatic carbocycles. The van der Waals surface area contributed by atoms with E-state index in [4.69, 9.17) is 22.1 Å². The molecule has 162 valence electrons. The Morgan fingerprint density at radius 2 is 1.88 bits per heavy atom. The third-order valence-electron chi connectivity index (χ3n) is 4.69. The molecule has 4 aromatic rings. The van der Waals surface area contributed by atoms with Crippen molar-refractivity contribution in [2.75, 3.05) is 5.75 Å².